The highest BCUT2D eigenvalue weighted by molar-refractivity contribution is 6.00. The monoisotopic (exact) mass is 313 g/mol. The zero-order valence-corrected chi connectivity index (χ0v) is 13.4. The number of rotatable bonds is 6. The second-order valence-corrected chi connectivity index (χ2v) is 5.44. The first-order chi connectivity index (χ1) is 11.0. The molecule has 0 saturated heterocycles. The Bertz CT molecular complexity index is 708. The molecule has 3 nitrogen and oxygen atoms in total. The molecule has 4 heteroatoms. The number of aryl methyl sites for hydroxylation is 2. The quantitative estimate of drug-likeness (QED) is 0.808. The molecule has 0 spiro atoms. The molecule has 0 fully saturated rings. The van der Waals surface area contributed by atoms with Gasteiger partial charge in [0, 0.05) is 24.1 Å². The van der Waals surface area contributed by atoms with Crippen LogP contribution >= 0.6 is 0 Å². The normalized spacial score (nSPS) is 10.4. The summed E-state index contributed by atoms with van der Waals surface area (Å²) < 4.78 is 12.8. The summed E-state index contributed by atoms with van der Waals surface area (Å²) in [6.45, 7) is 3.97. The Morgan fingerprint density at radius 2 is 1.74 bits per heavy atom. The molecule has 0 radical (unpaired) electrons. The Kier molecular flexibility index (Phi) is 5.63. The van der Waals surface area contributed by atoms with Crippen molar-refractivity contribution in [3.05, 3.63) is 65.0 Å². The summed E-state index contributed by atoms with van der Waals surface area (Å²) in [5, 5.41) is 2.89. The standard InChI is InChI=1S/C19H20FNO2/c1-3-14-6-4-5-13(2)19(14)21-18(23)12-11-17(22)15-7-9-16(20)10-8-15/h4-10H,3,11-12H2,1-2H3,(H,21,23). The van der Waals surface area contributed by atoms with Crippen molar-refractivity contribution >= 4 is 17.4 Å². The lowest BCUT2D eigenvalue weighted by molar-refractivity contribution is -0.116. The summed E-state index contributed by atoms with van der Waals surface area (Å²) >= 11 is 0. The summed E-state index contributed by atoms with van der Waals surface area (Å²) in [6, 6.07) is 11.2. The number of anilines is 1. The third kappa shape index (κ3) is 4.49. The van der Waals surface area contributed by atoms with Crippen molar-refractivity contribution in [2.75, 3.05) is 5.32 Å². The Hall–Kier alpha value is -2.49. The lowest BCUT2D eigenvalue weighted by Gasteiger charge is -2.12. The second kappa shape index (κ2) is 7.68. The van der Waals surface area contributed by atoms with Crippen molar-refractivity contribution in [1.29, 1.82) is 0 Å². The fourth-order valence-corrected chi connectivity index (χ4v) is 2.41. The third-order valence-corrected chi connectivity index (χ3v) is 3.75. The molecule has 0 aromatic heterocycles. The highest BCUT2D eigenvalue weighted by Gasteiger charge is 2.12. The van der Waals surface area contributed by atoms with Gasteiger partial charge in [0.05, 0.1) is 0 Å². The van der Waals surface area contributed by atoms with Crippen molar-refractivity contribution in [1.82, 2.24) is 0 Å². The molecule has 0 heterocycles. The summed E-state index contributed by atoms with van der Waals surface area (Å²) in [4.78, 5) is 24.1. The summed E-state index contributed by atoms with van der Waals surface area (Å²) in [5.74, 6) is -0.740. The van der Waals surface area contributed by atoms with Crippen molar-refractivity contribution in [3.8, 4) is 0 Å². The molecule has 2 aromatic rings. The first-order valence-corrected chi connectivity index (χ1v) is 7.68. The number of hydrogen-bond donors (Lipinski definition) is 1. The van der Waals surface area contributed by atoms with E-state index in [4.69, 9.17) is 0 Å². The fourth-order valence-electron chi connectivity index (χ4n) is 2.41. The van der Waals surface area contributed by atoms with Gasteiger partial charge in [-0.2, -0.15) is 0 Å². The van der Waals surface area contributed by atoms with Crippen molar-refractivity contribution in [2.24, 2.45) is 0 Å². The highest BCUT2D eigenvalue weighted by atomic mass is 19.1. The Balaban J connectivity index is 1.95. The molecule has 23 heavy (non-hydrogen) atoms. The molecule has 0 aliphatic carbocycles. The molecule has 1 N–H and O–H groups in total. The van der Waals surface area contributed by atoms with Crippen LogP contribution in [0.2, 0.25) is 0 Å². The van der Waals surface area contributed by atoms with Crippen molar-refractivity contribution in [2.45, 2.75) is 33.1 Å². The minimum atomic E-state index is -0.383. The first-order valence-electron chi connectivity index (χ1n) is 7.68. The van der Waals surface area contributed by atoms with E-state index in [9.17, 15) is 14.0 Å². The second-order valence-electron chi connectivity index (χ2n) is 5.44. The molecular weight excluding hydrogens is 293 g/mol. The molecule has 2 aromatic carbocycles. The largest absolute Gasteiger partial charge is 0.326 e. The van der Waals surface area contributed by atoms with Gasteiger partial charge in [0.25, 0.3) is 0 Å². The van der Waals surface area contributed by atoms with E-state index in [1.165, 1.54) is 24.3 Å². The minimum absolute atomic E-state index is 0.102. The van der Waals surface area contributed by atoms with E-state index >= 15 is 0 Å². The van der Waals surface area contributed by atoms with Crippen LogP contribution in [0.3, 0.4) is 0 Å². The number of carbonyl (C=O) groups excluding carboxylic acids is 2. The fraction of sp³-hybridized carbons (Fsp3) is 0.263. The van der Waals surface area contributed by atoms with Crippen LogP contribution < -0.4 is 5.32 Å². The molecule has 0 unspecified atom stereocenters. The maximum absolute atomic E-state index is 12.8. The minimum Gasteiger partial charge on any atom is -0.326 e. The Labute approximate surface area is 135 Å². The molecule has 120 valence electrons. The topological polar surface area (TPSA) is 46.2 Å². The average Bonchev–Trinajstić information content (AvgIpc) is 2.55. The summed E-state index contributed by atoms with van der Waals surface area (Å²) in [5.41, 5.74) is 3.32. The van der Waals surface area contributed by atoms with Crippen molar-refractivity contribution in [3.63, 3.8) is 0 Å². The summed E-state index contributed by atoms with van der Waals surface area (Å²) in [6.07, 6.45) is 1.03. The van der Waals surface area contributed by atoms with Crippen LogP contribution in [-0.4, -0.2) is 11.7 Å². The number of benzene rings is 2. The van der Waals surface area contributed by atoms with E-state index in [1.807, 2.05) is 32.0 Å². The van der Waals surface area contributed by atoms with E-state index in [0.717, 1.165) is 23.2 Å². The van der Waals surface area contributed by atoms with Gasteiger partial charge in [0.2, 0.25) is 5.91 Å². The van der Waals surface area contributed by atoms with Gasteiger partial charge < -0.3 is 5.32 Å². The SMILES string of the molecule is CCc1cccc(C)c1NC(=O)CCC(=O)c1ccc(F)cc1. The molecule has 0 saturated carbocycles. The number of ketones is 1. The number of amides is 1. The lowest BCUT2D eigenvalue weighted by Crippen LogP contribution is -2.15. The third-order valence-electron chi connectivity index (χ3n) is 3.75. The smallest absolute Gasteiger partial charge is 0.224 e. The van der Waals surface area contributed by atoms with Crippen LogP contribution in [0.15, 0.2) is 42.5 Å². The predicted octanol–water partition coefficient (Wildman–Crippen LogP) is 4.30. The Morgan fingerprint density at radius 1 is 1.04 bits per heavy atom. The number of carbonyl (C=O) groups is 2. The van der Waals surface area contributed by atoms with Crippen LogP contribution in [0.1, 0.15) is 41.3 Å². The average molecular weight is 313 g/mol. The zero-order valence-electron chi connectivity index (χ0n) is 13.4. The van der Waals surface area contributed by atoms with Gasteiger partial charge in [-0.1, -0.05) is 25.1 Å². The first kappa shape index (κ1) is 16.9. The molecular formula is C19H20FNO2. The van der Waals surface area contributed by atoms with Crippen molar-refractivity contribution < 1.29 is 14.0 Å². The van der Waals surface area contributed by atoms with Gasteiger partial charge >= 0.3 is 0 Å². The number of hydrogen-bond acceptors (Lipinski definition) is 2. The van der Waals surface area contributed by atoms with Gasteiger partial charge in [-0.05, 0) is 48.7 Å². The van der Waals surface area contributed by atoms with E-state index in [-0.39, 0.29) is 30.3 Å². The number of Topliss-reactive ketones (excluding diaryl/α,β-unsaturated/α-hetero) is 1. The van der Waals surface area contributed by atoms with Gasteiger partial charge in [0.1, 0.15) is 5.82 Å². The maximum Gasteiger partial charge on any atom is 0.224 e. The molecule has 0 aliphatic rings. The number of nitrogens with one attached hydrogen (secondary N) is 1. The molecule has 1 amide bonds. The van der Waals surface area contributed by atoms with Crippen LogP contribution in [0.5, 0.6) is 0 Å². The number of para-hydroxylation sites is 1. The molecule has 0 bridgehead atoms. The summed E-state index contributed by atoms with van der Waals surface area (Å²) in [7, 11) is 0. The number of halogens is 1. The van der Waals surface area contributed by atoms with Crippen LogP contribution in [0.25, 0.3) is 0 Å². The van der Waals surface area contributed by atoms with E-state index < -0.39 is 0 Å². The van der Waals surface area contributed by atoms with Crippen LogP contribution in [0.4, 0.5) is 10.1 Å². The van der Waals surface area contributed by atoms with Gasteiger partial charge in [-0.15, -0.1) is 0 Å². The lowest BCUT2D eigenvalue weighted by atomic mass is 10.0. The highest BCUT2D eigenvalue weighted by Crippen LogP contribution is 2.21. The Morgan fingerprint density at radius 3 is 2.39 bits per heavy atom. The van der Waals surface area contributed by atoms with E-state index in [0.29, 0.717) is 5.56 Å². The maximum atomic E-state index is 12.8. The predicted molar refractivity (Wildman–Crippen MR) is 89.2 cm³/mol. The molecule has 0 atom stereocenters. The molecule has 2 rings (SSSR count). The van der Waals surface area contributed by atoms with Gasteiger partial charge in [-0.25, -0.2) is 4.39 Å². The van der Waals surface area contributed by atoms with E-state index in [1.54, 1.807) is 0 Å². The van der Waals surface area contributed by atoms with Gasteiger partial charge in [0.15, 0.2) is 5.78 Å². The molecule has 0 aliphatic heterocycles. The van der Waals surface area contributed by atoms with Crippen LogP contribution in [0, 0.1) is 12.7 Å². The van der Waals surface area contributed by atoms with E-state index in [2.05, 4.69) is 5.32 Å². The van der Waals surface area contributed by atoms with Gasteiger partial charge in [-0.3, -0.25) is 9.59 Å². The van der Waals surface area contributed by atoms with Crippen LogP contribution in [-0.2, 0) is 11.2 Å². The zero-order chi connectivity index (χ0) is 16.8.